The van der Waals surface area contributed by atoms with Gasteiger partial charge in [0.25, 0.3) is 0 Å². The largest absolute Gasteiger partial charge is 0.462 e. The third-order valence-electron chi connectivity index (χ3n) is 5.32. The standard InChI is InChI=1S/C23H21N5O3S2/c1-2-31-23(30)19-15-9-6-10-17(15)33-22(19)27-18(29)12-32-21-16-11-26-28(20(16)24-13-25-21)14-7-4-3-5-8-14/h3-5,7-8,11,13H,2,6,9-10,12H2,1H3,(H,27,29). The Bertz CT molecular complexity index is 1330. The first kappa shape index (κ1) is 21.6. The summed E-state index contributed by atoms with van der Waals surface area (Å²) in [4.78, 5) is 35.2. The van der Waals surface area contributed by atoms with E-state index in [1.165, 1.54) is 29.4 Å². The molecule has 4 aromatic rings. The van der Waals surface area contributed by atoms with Gasteiger partial charge in [-0.25, -0.2) is 19.4 Å². The average molecular weight is 480 g/mol. The van der Waals surface area contributed by atoms with Crippen LogP contribution in [0.4, 0.5) is 5.00 Å². The molecule has 3 heterocycles. The number of carbonyl (C=O) groups is 2. The molecule has 0 fully saturated rings. The molecule has 1 aliphatic carbocycles. The number of hydrogen-bond acceptors (Lipinski definition) is 8. The quantitative estimate of drug-likeness (QED) is 0.240. The summed E-state index contributed by atoms with van der Waals surface area (Å²) in [7, 11) is 0. The first-order valence-corrected chi connectivity index (χ1v) is 12.4. The lowest BCUT2D eigenvalue weighted by atomic mass is 10.1. The van der Waals surface area contributed by atoms with E-state index >= 15 is 0 Å². The summed E-state index contributed by atoms with van der Waals surface area (Å²) in [5.74, 6) is -0.425. The molecule has 8 nitrogen and oxygen atoms in total. The first-order chi connectivity index (χ1) is 16.2. The number of hydrogen-bond donors (Lipinski definition) is 1. The number of rotatable bonds is 7. The second-order valence-corrected chi connectivity index (χ2v) is 9.50. The van der Waals surface area contributed by atoms with Crippen molar-refractivity contribution >= 4 is 51.0 Å². The Morgan fingerprint density at radius 3 is 2.88 bits per heavy atom. The highest BCUT2D eigenvalue weighted by molar-refractivity contribution is 8.00. The van der Waals surface area contributed by atoms with Crippen molar-refractivity contribution in [3.8, 4) is 5.69 Å². The molecule has 1 aromatic carbocycles. The van der Waals surface area contributed by atoms with Crippen LogP contribution in [0.5, 0.6) is 0 Å². The fourth-order valence-corrected chi connectivity index (χ4v) is 5.96. The number of para-hydroxylation sites is 1. The molecule has 3 aromatic heterocycles. The summed E-state index contributed by atoms with van der Waals surface area (Å²) in [6.07, 6.45) is 5.99. The predicted molar refractivity (Wildman–Crippen MR) is 128 cm³/mol. The zero-order valence-corrected chi connectivity index (χ0v) is 19.5. The van der Waals surface area contributed by atoms with Gasteiger partial charge in [0.1, 0.15) is 16.4 Å². The molecule has 1 aliphatic rings. The van der Waals surface area contributed by atoms with Gasteiger partial charge in [0.15, 0.2) is 5.65 Å². The topological polar surface area (TPSA) is 99.0 Å². The summed E-state index contributed by atoms with van der Waals surface area (Å²) in [6, 6.07) is 9.73. The molecule has 1 N–H and O–H groups in total. The number of amides is 1. The molecule has 5 rings (SSSR count). The summed E-state index contributed by atoms with van der Waals surface area (Å²) in [5.41, 5.74) is 3.11. The minimum atomic E-state index is -0.370. The van der Waals surface area contributed by atoms with Crippen LogP contribution in [-0.4, -0.2) is 44.0 Å². The van der Waals surface area contributed by atoms with Crippen molar-refractivity contribution in [2.45, 2.75) is 31.2 Å². The molecule has 10 heteroatoms. The number of nitrogens with one attached hydrogen (secondary N) is 1. The van der Waals surface area contributed by atoms with E-state index < -0.39 is 0 Å². The minimum Gasteiger partial charge on any atom is -0.462 e. The van der Waals surface area contributed by atoms with Crippen molar-refractivity contribution in [1.29, 1.82) is 0 Å². The molecule has 0 atom stereocenters. The Labute approximate surface area is 198 Å². The molecule has 0 unspecified atom stereocenters. The van der Waals surface area contributed by atoms with Crippen LogP contribution in [0.3, 0.4) is 0 Å². The zero-order valence-electron chi connectivity index (χ0n) is 17.9. The van der Waals surface area contributed by atoms with Crippen molar-refractivity contribution in [3.63, 3.8) is 0 Å². The van der Waals surface area contributed by atoms with Gasteiger partial charge in [0.2, 0.25) is 5.91 Å². The Morgan fingerprint density at radius 2 is 2.06 bits per heavy atom. The van der Waals surface area contributed by atoms with E-state index in [0.717, 1.165) is 40.8 Å². The fraction of sp³-hybridized carbons (Fsp3) is 0.261. The number of fused-ring (bicyclic) bond motifs is 2. The second-order valence-electron chi connectivity index (χ2n) is 7.43. The molecule has 0 saturated carbocycles. The SMILES string of the molecule is CCOC(=O)c1c(NC(=O)CSc2ncnc3c2cnn3-c2ccccc2)sc2c1CCC2. The lowest BCUT2D eigenvalue weighted by Crippen LogP contribution is -2.16. The molecule has 0 aliphatic heterocycles. The molecule has 0 bridgehead atoms. The Morgan fingerprint density at radius 1 is 1.21 bits per heavy atom. The number of nitrogens with zero attached hydrogens (tertiary/aromatic N) is 4. The third kappa shape index (κ3) is 4.23. The van der Waals surface area contributed by atoms with Crippen LogP contribution in [0.2, 0.25) is 0 Å². The number of ether oxygens (including phenoxy) is 1. The van der Waals surface area contributed by atoms with Gasteiger partial charge in [0, 0.05) is 4.88 Å². The van der Waals surface area contributed by atoms with Gasteiger partial charge in [-0.1, -0.05) is 30.0 Å². The maximum atomic E-state index is 12.8. The Hall–Kier alpha value is -3.24. The highest BCUT2D eigenvalue weighted by Crippen LogP contribution is 2.39. The van der Waals surface area contributed by atoms with Crippen LogP contribution in [-0.2, 0) is 22.4 Å². The van der Waals surface area contributed by atoms with Crippen molar-refractivity contribution in [1.82, 2.24) is 19.7 Å². The van der Waals surface area contributed by atoms with Crippen LogP contribution in [0.1, 0.15) is 34.1 Å². The van der Waals surface area contributed by atoms with Gasteiger partial charge in [0.05, 0.1) is 35.2 Å². The predicted octanol–water partition coefficient (Wildman–Crippen LogP) is 4.27. The molecule has 0 spiro atoms. The summed E-state index contributed by atoms with van der Waals surface area (Å²) in [6.45, 7) is 2.08. The number of aryl methyl sites for hydroxylation is 1. The van der Waals surface area contributed by atoms with Crippen molar-refractivity contribution < 1.29 is 14.3 Å². The van der Waals surface area contributed by atoms with E-state index in [9.17, 15) is 9.59 Å². The van der Waals surface area contributed by atoms with Crippen LogP contribution in [0.25, 0.3) is 16.7 Å². The molecule has 33 heavy (non-hydrogen) atoms. The highest BCUT2D eigenvalue weighted by Gasteiger charge is 2.28. The second kappa shape index (κ2) is 9.32. The molecule has 0 saturated heterocycles. The van der Waals surface area contributed by atoms with Crippen LogP contribution in [0.15, 0.2) is 47.9 Å². The average Bonchev–Trinajstić information content (AvgIpc) is 3.53. The van der Waals surface area contributed by atoms with E-state index in [-0.39, 0.29) is 17.6 Å². The molecule has 1 amide bonds. The maximum absolute atomic E-state index is 12.8. The summed E-state index contributed by atoms with van der Waals surface area (Å²) >= 11 is 2.79. The van der Waals surface area contributed by atoms with Crippen LogP contribution < -0.4 is 5.32 Å². The fourth-order valence-electron chi connectivity index (χ4n) is 3.90. The number of aromatic nitrogens is 4. The van der Waals surface area contributed by atoms with E-state index in [2.05, 4.69) is 20.4 Å². The van der Waals surface area contributed by atoms with E-state index in [1.54, 1.807) is 17.8 Å². The van der Waals surface area contributed by atoms with Gasteiger partial charge in [-0.2, -0.15) is 5.10 Å². The van der Waals surface area contributed by atoms with Gasteiger partial charge in [-0.05, 0) is 43.9 Å². The van der Waals surface area contributed by atoms with Crippen LogP contribution >= 0.6 is 23.1 Å². The van der Waals surface area contributed by atoms with Gasteiger partial charge >= 0.3 is 5.97 Å². The number of esters is 1. The monoisotopic (exact) mass is 479 g/mol. The summed E-state index contributed by atoms with van der Waals surface area (Å²) in [5, 5.41) is 9.40. The third-order valence-corrected chi connectivity index (χ3v) is 7.54. The molecule has 168 valence electrons. The Kier molecular flexibility index (Phi) is 6.10. The number of benzene rings is 1. The molecule has 0 radical (unpaired) electrons. The maximum Gasteiger partial charge on any atom is 0.341 e. The lowest BCUT2D eigenvalue weighted by Gasteiger charge is -2.08. The highest BCUT2D eigenvalue weighted by atomic mass is 32.2. The van der Waals surface area contributed by atoms with Gasteiger partial charge in [-0.15, -0.1) is 11.3 Å². The van der Waals surface area contributed by atoms with E-state index in [4.69, 9.17) is 4.74 Å². The van der Waals surface area contributed by atoms with E-state index in [1.807, 2.05) is 30.3 Å². The molecular weight excluding hydrogens is 458 g/mol. The Balaban J connectivity index is 1.33. The van der Waals surface area contributed by atoms with Crippen LogP contribution in [0, 0.1) is 0 Å². The van der Waals surface area contributed by atoms with Crippen molar-refractivity contribution in [2.75, 3.05) is 17.7 Å². The van der Waals surface area contributed by atoms with Crippen molar-refractivity contribution in [2.24, 2.45) is 0 Å². The van der Waals surface area contributed by atoms with E-state index in [0.29, 0.717) is 27.8 Å². The lowest BCUT2D eigenvalue weighted by molar-refractivity contribution is -0.113. The zero-order chi connectivity index (χ0) is 22.8. The number of anilines is 1. The normalized spacial score (nSPS) is 12.6. The minimum absolute atomic E-state index is 0.146. The smallest absolute Gasteiger partial charge is 0.341 e. The number of thiophene rings is 1. The van der Waals surface area contributed by atoms with Gasteiger partial charge in [-0.3, -0.25) is 4.79 Å². The summed E-state index contributed by atoms with van der Waals surface area (Å²) < 4.78 is 6.99. The van der Waals surface area contributed by atoms with Gasteiger partial charge < -0.3 is 10.1 Å². The molecular formula is C23H21N5O3S2. The first-order valence-electron chi connectivity index (χ1n) is 10.6. The number of carbonyl (C=O) groups excluding carboxylic acids is 2. The van der Waals surface area contributed by atoms with Crippen molar-refractivity contribution in [3.05, 3.63) is 58.9 Å². The number of thioether (sulfide) groups is 1.